The van der Waals surface area contributed by atoms with Crippen LogP contribution in [0.15, 0.2) is 24.4 Å². The van der Waals surface area contributed by atoms with Crippen LogP contribution in [0.4, 0.5) is 17.6 Å². The third kappa shape index (κ3) is 2.76. The predicted molar refractivity (Wildman–Crippen MR) is 92.3 cm³/mol. The Morgan fingerprint density at radius 3 is 2.54 bits per heavy atom. The third-order valence-electron chi connectivity index (χ3n) is 3.75. The molecule has 1 atom stereocenters. The number of nitrogens with two attached hydrogens (primary N) is 3. The second kappa shape index (κ2) is 5.85. The highest BCUT2D eigenvalue weighted by Gasteiger charge is 2.28. The Morgan fingerprint density at radius 1 is 1.25 bits per heavy atom. The highest BCUT2D eigenvalue weighted by Crippen LogP contribution is 2.36. The molecule has 124 valence electrons. The molecule has 0 amide bonds. The number of nitro groups is 1. The smallest absolute Gasteiger partial charge is 0.223 e. The van der Waals surface area contributed by atoms with Crippen LogP contribution in [0.3, 0.4) is 0 Å². The number of fused-ring (bicyclic) bond motifs is 1. The number of hydrogen-bond donors (Lipinski definition) is 4. The van der Waals surface area contributed by atoms with E-state index in [0.717, 1.165) is 10.9 Å². The van der Waals surface area contributed by atoms with E-state index in [2.05, 4.69) is 15.0 Å². The van der Waals surface area contributed by atoms with Gasteiger partial charge in [0.1, 0.15) is 11.6 Å². The van der Waals surface area contributed by atoms with Crippen LogP contribution in [-0.4, -0.2) is 26.4 Å². The van der Waals surface area contributed by atoms with Crippen molar-refractivity contribution in [2.24, 2.45) is 0 Å². The summed E-state index contributed by atoms with van der Waals surface area (Å²) < 4.78 is 0. The third-order valence-corrected chi connectivity index (χ3v) is 3.99. The van der Waals surface area contributed by atoms with E-state index in [1.807, 2.05) is 0 Å². The highest BCUT2D eigenvalue weighted by atomic mass is 35.5. The van der Waals surface area contributed by atoms with Gasteiger partial charge in [0.05, 0.1) is 11.5 Å². The fourth-order valence-electron chi connectivity index (χ4n) is 2.78. The maximum absolute atomic E-state index is 11.2. The second-order valence-corrected chi connectivity index (χ2v) is 5.70. The number of halogens is 1. The van der Waals surface area contributed by atoms with Gasteiger partial charge in [0.2, 0.25) is 12.5 Å². The zero-order chi connectivity index (χ0) is 17.4. The van der Waals surface area contributed by atoms with Crippen LogP contribution in [0.1, 0.15) is 17.0 Å². The van der Waals surface area contributed by atoms with E-state index in [4.69, 9.17) is 28.8 Å². The number of H-pyrrole nitrogens is 1. The van der Waals surface area contributed by atoms with E-state index < -0.39 is 17.4 Å². The van der Waals surface area contributed by atoms with Crippen LogP contribution in [0.2, 0.25) is 5.02 Å². The molecule has 24 heavy (non-hydrogen) atoms. The first-order valence-corrected chi connectivity index (χ1v) is 7.31. The number of nitrogens with one attached hydrogen (secondary N) is 1. The number of aromatic amines is 1. The number of nitrogens with zero attached hydrogens (tertiary/aromatic N) is 3. The largest absolute Gasteiger partial charge is 0.383 e. The van der Waals surface area contributed by atoms with E-state index in [1.165, 1.54) is 0 Å². The van der Waals surface area contributed by atoms with E-state index >= 15 is 0 Å². The van der Waals surface area contributed by atoms with Gasteiger partial charge in [0.25, 0.3) is 0 Å². The van der Waals surface area contributed by atoms with Gasteiger partial charge in [0.15, 0.2) is 0 Å². The lowest BCUT2D eigenvalue weighted by molar-refractivity contribution is -0.481. The summed E-state index contributed by atoms with van der Waals surface area (Å²) in [5.41, 5.74) is 19.0. The molecule has 9 nitrogen and oxygen atoms in total. The zero-order valence-corrected chi connectivity index (χ0v) is 13.1. The number of hydrogen-bond acceptors (Lipinski definition) is 7. The number of anilines is 3. The van der Waals surface area contributed by atoms with Crippen molar-refractivity contribution < 1.29 is 4.92 Å². The van der Waals surface area contributed by atoms with Gasteiger partial charge < -0.3 is 22.2 Å². The molecular weight excluding hydrogens is 334 g/mol. The van der Waals surface area contributed by atoms with Crippen LogP contribution in [0.5, 0.6) is 0 Å². The van der Waals surface area contributed by atoms with Crippen molar-refractivity contribution >= 4 is 40.1 Å². The molecule has 1 unspecified atom stereocenters. The molecule has 0 saturated carbocycles. The molecule has 0 aliphatic heterocycles. The molecule has 7 N–H and O–H groups in total. The topological polar surface area (TPSA) is 163 Å². The van der Waals surface area contributed by atoms with Crippen LogP contribution >= 0.6 is 11.6 Å². The number of benzene rings is 1. The highest BCUT2D eigenvalue weighted by molar-refractivity contribution is 6.31. The molecule has 0 bridgehead atoms. The monoisotopic (exact) mass is 347 g/mol. The van der Waals surface area contributed by atoms with Crippen molar-refractivity contribution in [3.05, 3.63) is 50.7 Å². The fourth-order valence-corrected chi connectivity index (χ4v) is 2.96. The van der Waals surface area contributed by atoms with Crippen molar-refractivity contribution in [3.8, 4) is 0 Å². The van der Waals surface area contributed by atoms with E-state index in [9.17, 15) is 10.1 Å². The zero-order valence-electron chi connectivity index (χ0n) is 12.4. The fraction of sp³-hybridized carbons (Fsp3) is 0.143. The maximum Gasteiger partial charge on any atom is 0.223 e. The molecule has 2 aromatic heterocycles. The molecule has 0 saturated heterocycles. The molecule has 3 rings (SSSR count). The number of rotatable bonds is 4. The maximum atomic E-state index is 11.2. The molecule has 1 aromatic carbocycles. The van der Waals surface area contributed by atoms with Gasteiger partial charge in [-0.3, -0.25) is 10.1 Å². The minimum absolute atomic E-state index is 0.0233. The summed E-state index contributed by atoms with van der Waals surface area (Å²) in [5, 5.41) is 12.5. The molecule has 10 heteroatoms. The molecule has 3 aromatic rings. The summed E-state index contributed by atoms with van der Waals surface area (Å²) in [6.07, 6.45) is 1.67. The Labute approximate surface area is 141 Å². The van der Waals surface area contributed by atoms with Gasteiger partial charge in [-0.25, -0.2) is 0 Å². The van der Waals surface area contributed by atoms with Gasteiger partial charge in [-0.05, 0) is 17.7 Å². The van der Waals surface area contributed by atoms with E-state index in [1.54, 1.807) is 24.4 Å². The lowest BCUT2D eigenvalue weighted by Gasteiger charge is -2.16. The lowest BCUT2D eigenvalue weighted by Crippen LogP contribution is -2.19. The SMILES string of the molecule is Nc1nc(N)c(C(C[N+](=O)[O-])c2c[nH]c3cc(Cl)ccc23)c(N)n1. The van der Waals surface area contributed by atoms with Gasteiger partial charge in [-0.2, -0.15) is 9.97 Å². The van der Waals surface area contributed by atoms with Gasteiger partial charge >= 0.3 is 0 Å². The Hall–Kier alpha value is -3.07. The van der Waals surface area contributed by atoms with Crippen LogP contribution in [-0.2, 0) is 0 Å². The van der Waals surface area contributed by atoms with Crippen molar-refractivity contribution in [3.63, 3.8) is 0 Å². The summed E-state index contributed by atoms with van der Waals surface area (Å²) >= 11 is 5.97. The van der Waals surface area contributed by atoms with Crippen LogP contribution in [0.25, 0.3) is 10.9 Å². The van der Waals surface area contributed by atoms with Gasteiger partial charge in [-0.15, -0.1) is 0 Å². The lowest BCUT2D eigenvalue weighted by atomic mass is 9.91. The van der Waals surface area contributed by atoms with Crippen LogP contribution < -0.4 is 17.2 Å². The van der Waals surface area contributed by atoms with Crippen molar-refractivity contribution in [2.45, 2.75) is 5.92 Å². The predicted octanol–water partition coefficient (Wildman–Crippen LogP) is 1.77. The molecule has 0 fully saturated rings. The summed E-state index contributed by atoms with van der Waals surface area (Å²) in [7, 11) is 0. The average molecular weight is 348 g/mol. The quantitative estimate of drug-likeness (QED) is 0.412. The minimum Gasteiger partial charge on any atom is -0.383 e. The molecule has 2 heterocycles. The summed E-state index contributed by atoms with van der Waals surface area (Å²) in [4.78, 5) is 21.6. The first-order chi connectivity index (χ1) is 11.4. The Bertz CT molecular complexity index is 917. The van der Waals surface area contributed by atoms with Crippen molar-refractivity contribution in [1.82, 2.24) is 15.0 Å². The van der Waals surface area contributed by atoms with Crippen molar-refractivity contribution in [1.29, 1.82) is 0 Å². The number of aromatic nitrogens is 3. The standard InChI is InChI=1S/C14H14ClN7O2/c15-6-1-2-7-8(4-19-10(7)3-6)9(5-22(23)24)11-12(16)20-14(18)21-13(11)17/h1-4,9,19H,5H2,(H6,16,17,18,20,21). The van der Waals surface area contributed by atoms with Gasteiger partial charge in [-0.1, -0.05) is 17.7 Å². The second-order valence-electron chi connectivity index (χ2n) is 5.27. The molecule has 0 radical (unpaired) electrons. The first kappa shape index (κ1) is 15.8. The molecular formula is C14H14ClN7O2. The van der Waals surface area contributed by atoms with E-state index in [0.29, 0.717) is 10.6 Å². The molecule has 0 spiro atoms. The summed E-state index contributed by atoms with van der Waals surface area (Å²) in [5.74, 6) is -0.764. The van der Waals surface area contributed by atoms with E-state index in [-0.39, 0.29) is 23.1 Å². The first-order valence-electron chi connectivity index (χ1n) is 6.93. The van der Waals surface area contributed by atoms with Gasteiger partial charge in [0, 0.05) is 27.0 Å². The Balaban J connectivity index is 2.22. The normalized spacial score (nSPS) is 12.4. The number of nitrogen functional groups attached to an aromatic ring is 3. The van der Waals surface area contributed by atoms with Crippen molar-refractivity contribution in [2.75, 3.05) is 23.7 Å². The Morgan fingerprint density at radius 2 is 1.92 bits per heavy atom. The molecule has 0 aliphatic rings. The minimum atomic E-state index is -0.726. The van der Waals surface area contributed by atoms with Crippen LogP contribution in [0, 0.1) is 10.1 Å². The molecule has 0 aliphatic carbocycles. The summed E-state index contributed by atoms with van der Waals surface area (Å²) in [6, 6.07) is 5.22. The summed E-state index contributed by atoms with van der Waals surface area (Å²) in [6.45, 7) is -0.419. The Kier molecular flexibility index (Phi) is 3.86. The average Bonchev–Trinajstić information content (AvgIpc) is 2.87.